The Kier molecular flexibility index (Phi) is 10.4. The van der Waals surface area contributed by atoms with Gasteiger partial charge in [-0.25, -0.2) is 16.8 Å². The number of carboxylic acids is 2. The molecule has 0 aliphatic heterocycles. The highest BCUT2D eigenvalue weighted by Crippen LogP contribution is 2.47. The fourth-order valence-electron chi connectivity index (χ4n) is 5.05. The topological polar surface area (TPSA) is 168 Å². The molecule has 0 radical (unpaired) electrons. The van der Waals surface area contributed by atoms with Gasteiger partial charge in [-0.05, 0) is 66.7 Å². The second-order valence-electron chi connectivity index (χ2n) is 10.4. The molecule has 2 N–H and O–H groups in total. The van der Waals surface area contributed by atoms with Crippen LogP contribution in [0, 0.1) is 0 Å². The number of aliphatic carboxylic acids is 2. The van der Waals surface area contributed by atoms with Gasteiger partial charge in [0.1, 0.15) is 24.6 Å². The summed E-state index contributed by atoms with van der Waals surface area (Å²) in [5.41, 5.74) is -0.100. The highest BCUT2D eigenvalue weighted by Gasteiger charge is 2.34. The van der Waals surface area contributed by atoms with Crippen LogP contribution < -0.4 is 18.1 Å². The second kappa shape index (κ2) is 14.5. The van der Waals surface area contributed by atoms with E-state index in [0.717, 1.165) is 20.4 Å². The first kappa shape index (κ1) is 35.1. The van der Waals surface area contributed by atoms with Crippen molar-refractivity contribution in [2.45, 2.75) is 19.6 Å². The summed E-state index contributed by atoms with van der Waals surface area (Å²) in [6.45, 7) is -1.96. The molecule has 0 amide bonds. The maximum absolute atomic E-state index is 14.3. The summed E-state index contributed by atoms with van der Waals surface area (Å²) in [5, 5.41) is 20.3. The minimum absolute atomic E-state index is 0.0384. The summed E-state index contributed by atoms with van der Waals surface area (Å²) >= 11 is 1.06. The molecule has 0 saturated heterocycles. The highest BCUT2D eigenvalue weighted by atomic mass is 32.2. The number of anilines is 2. The Labute approximate surface area is 287 Å². The minimum Gasteiger partial charge on any atom is -0.497 e. The molecule has 254 valence electrons. The summed E-state index contributed by atoms with van der Waals surface area (Å²) < 4.78 is 68.7. The zero-order chi connectivity index (χ0) is 35.3. The third kappa shape index (κ3) is 7.43. The molecule has 15 heteroatoms. The number of hydrogen-bond acceptors (Lipinski definition) is 9. The van der Waals surface area contributed by atoms with E-state index >= 15 is 0 Å². The average Bonchev–Trinajstić information content (AvgIpc) is 3.09. The smallest absolute Gasteiger partial charge is 0.324 e. The number of carboxylic acid groups (broad SMARTS) is 2. The molecular weight excluding hydrogens is 693 g/mol. The lowest BCUT2D eigenvalue weighted by molar-refractivity contribution is -0.136. The molecule has 0 atom stereocenters. The van der Waals surface area contributed by atoms with Gasteiger partial charge in [-0.1, -0.05) is 54.2 Å². The van der Waals surface area contributed by atoms with Gasteiger partial charge in [-0.3, -0.25) is 18.2 Å². The zero-order valence-electron chi connectivity index (χ0n) is 26.1. The summed E-state index contributed by atoms with van der Waals surface area (Å²) in [5.74, 6) is -2.13. The lowest BCUT2D eigenvalue weighted by Gasteiger charge is -2.30. The fourth-order valence-corrected chi connectivity index (χ4v) is 9.02. The standard InChI is InChI=1S/C34H30N2O10S3/c1-45-23-12-16-26(17-13-23)48(41,42)35(21-32(37)38)30-20-31(47-25-8-4-3-5-9-25)34(29-11-7-6-10-28(29)30)36(22-33(39)40)49(43,44)27-18-14-24(46-2)15-19-27/h3-20H,21-22H2,1-2H3,(H,37,38)(H,39,40). The van der Waals surface area contributed by atoms with Crippen molar-refractivity contribution in [1.82, 2.24) is 0 Å². The molecule has 0 spiro atoms. The van der Waals surface area contributed by atoms with Gasteiger partial charge < -0.3 is 19.7 Å². The van der Waals surface area contributed by atoms with Crippen LogP contribution in [0.4, 0.5) is 11.4 Å². The van der Waals surface area contributed by atoms with E-state index in [1.54, 1.807) is 42.5 Å². The average molecular weight is 723 g/mol. The first-order valence-electron chi connectivity index (χ1n) is 14.4. The summed E-state index contributed by atoms with van der Waals surface area (Å²) in [4.78, 5) is 24.9. The van der Waals surface area contributed by atoms with Crippen molar-refractivity contribution in [3.05, 3.63) is 109 Å². The van der Waals surface area contributed by atoms with E-state index < -0.39 is 45.1 Å². The van der Waals surface area contributed by atoms with Gasteiger partial charge in [0.2, 0.25) is 0 Å². The third-order valence-electron chi connectivity index (χ3n) is 7.30. The summed E-state index contributed by atoms with van der Waals surface area (Å²) in [6, 6.07) is 27.2. The van der Waals surface area contributed by atoms with Gasteiger partial charge in [0.05, 0.1) is 35.4 Å². The monoisotopic (exact) mass is 722 g/mol. The third-order valence-corrected chi connectivity index (χ3v) is 11.9. The molecule has 49 heavy (non-hydrogen) atoms. The van der Waals surface area contributed by atoms with Crippen LogP contribution >= 0.6 is 11.8 Å². The molecular formula is C34H30N2O10S3. The summed E-state index contributed by atoms with van der Waals surface area (Å²) in [7, 11) is -6.26. The van der Waals surface area contributed by atoms with Crippen LogP contribution in [0.2, 0.25) is 0 Å². The minimum atomic E-state index is -4.56. The Bertz CT molecular complexity index is 2210. The predicted molar refractivity (Wildman–Crippen MR) is 185 cm³/mol. The lowest BCUT2D eigenvalue weighted by Crippen LogP contribution is -2.37. The van der Waals surface area contributed by atoms with Crippen LogP contribution in [0.1, 0.15) is 0 Å². The van der Waals surface area contributed by atoms with Crippen molar-refractivity contribution < 1.29 is 46.1 Å². The van der Waals surface area contributed by atoms with E-state index in [4.69, 9.17) is 9.47 Å². The summed E-state index contributed by atoms with van der Waals surface area (Å²) in [6.07, 6.45) is 0. The van der Waals surface area contributed by atoms with Crippen molar-refractivity contribution in [3.63, 3.8) is 0 Å². The van der Waals surface area contributed by atoms with Gasteiger partial charge in [0, 0.05) is 20.6 Å². The Morgan fingerprint density at radius 1 is 0.633 bits per heavy atom. The molecule has 5 aromatic carbocycles. The van der Waals surface area contributed by atoms with E-state index in [-0.39, 0.29) is 36.8 Å². The molecule has 0 aliphatic carbocycles. The number of hydrogen-bond donors (Lipinski definition) is 2. The zero-order valence-corrected chi connectivity index (χ0v) is 28.5. The van der Waals surface area contributed by atoms with E-state index in [0.29, 0.717) is 16.4 Å². The van der Waals surface area contributed by atoms with Crippen LogP contribution in [0.15, 0.2) is 129 Å². The maximum Gasteiger partial charge on any atom is 0.324 e. The quantitative estimate of drug-likeness (QED) is 0.147. The molecule has 0 fully saturated rings. The Morgan fingerprint density at radius 3 is 1.57 bits per heavy atom. The number of methoxy groups -OCH3 is 2. The Morgan fingerprint density at radius 2 is 1.08 bits per heavy atom. The number of nitrogens with zero attached hydrogens (tertiary/aromatic N) is 2. The molecule has 0 unspecified atom stereocenters. The Hall–Kier alpha value is -5.25. The van der Waals surface area contributed by atoms with Crippen LogP contribution in [0.25, 0.3) is 10.8 Å². The van der Waals surface area contributed by atoms with E-state index in [2.05, 4.69) is 0 Å². The number of benzene rings is 5. The highest BCUT2D eigenvalue weighted by molar-refractivity contribution is 7.99. The largest absolute Gasteiger partial charge is 0.497 e. The SMILES string of the molecule is COc1ccc(S(=O)(=O)N(CC(=O)O)c2cc(Sc3ccccc3)c(N(CC(=O)O)S(=O)(=O)c3ccc(OC)cc3)c3ccccc23)cc1. The first-order valence-corrected chi connectivity index (χ1v) is 18.1. The molecule has 0 aromatic heterocycles. The van der Waals surface area contributed by atoms with E-state index in [1.807, 2.05) is 0 Å². The van der Waals surface area contributed by atoms with Gasteiger partial charge in [0.25, 0.3) is 20.0 Å². The van der Waals surface area contributed by atoms with Crippen molar-refractivity contribution in [2.24, 2.45) is 0 Å². The number of carbonyl (C=O) groups is 2. The van der Waals surface area contributed by atoms with Gasteiger partial charge in [-0.2, -0.15) is 0 Å². The van der Waals surface area contributed by atoms with Crippen molar-refractivity contribution in [3.8, 4) is 11.5 Å². The van der Waals surface area contributed by atoms with Crippen LogP contribution in [-0.2, 0) is 29.6 Å². The van der Waals surface area contributed by atoms with Crippen LogP contribution in [-0.4, -0.2) is 66.3 Å². The molecule has 5 rings (SSSR count). The second-order valence-corrected chi connectivity index (χ2v) is 15.2. The van der Waals surface area contributed by atoms with Crippen molar-refractivity contribution >= 4 is 65.9 Å². The number of sulfonamides is 2. The van der Waals surface area contributed by atoms with Crippen molar-refractivity contribution in [2.75, 3.05) is 35.9 Å². The molecule has 0 saturated carbocycles. The van der Waals surface area contributed by atoms with E-state index in [1.165, 1.54) is 80.9 Å². The fraction of sp³-hybridized carbons (Fsp3) is 0.118. The van der Waals surface area contributed by atoms with Crippen LogP contribution in [0.3, 0.4) is 0 Å². The lowest BCUT2D eigenvalue weighted by atomic mass is 10.1. The van der Waals surface area contributed by atoms with Crippen molar-refractivity contribution in [1.29, 1.82) is 0 Å². The normalized spacial score (nSPS) is 11.6. The van der Waals surface area contributed by atoms with E-state index in [9.17, 15) is 36.6 Å². The van der Waals surface area contributed by atoms with Gasteiger partial charge in [-0.15, -0.1) is 0 Å². The molecule has 0 heterocycles. The molecule has 5 aromatic rings. The number of rotatable bonds is 14. The van der Waals surface area contributed by atoms with Gasteiger partial charge >= 0.3 is 11.9 Å². The number of fused-ring (bicyclic) bond motifs is 1. The first-order chi connectivity index (χ1) is 23.4. The molecule has 0 aliphatic rings. The maximum atomic E-state index is 14.3. The Balaban J connectivity index is 1.84. The predicted octanol–water partition coefficient (Wildman–Crippen LogP) is 5.57. The number of ether oxygens (including phenoxy) is 2. The molecule has 12 nitrogen and oxygen atoms in total. The molecule has 0 bridgehead atoms. The van der Waals surface area contributed by atoms with Crippen LogP contribution in [0.5, 0.6) is 11.5 Å². The van der Waals surface area contributed by atoms with Gasteiger partial charge in [0.15, 0.2) is 0 Å².